The number of hydrogen-bond donors (Lipinski definition) is 0. The van der Waals surface area contributed by atoms with Crippen molar-refractivity contribution >= 4 is 42.3 Å². The van der Waals surface area contributed by atoms with Crippen LogP contribution >= 0.6 is 24.8 Å². The summed E-state index contributed by atoms with van der Waals surface area (Å²) in [7, 11) is 1.66. The smallest absolute Gasteiger partial charge is 0.253 e. The van der Waals surface area contributed by atoms with E-state index >= 15 is 0 Å². The minimum Gasteiger partial charge on any atom is -0.493 e. The Bertz CT molecular complexity index is 1550. The summed E-state index contributed by atoms with van der Waals surface area (Å²) < 4.78 is 17.4. The number of allylic oxidation sites excluding steroid dienone is 2. The van der Waals surface area contributed by atoms with Gasteiger partial charge in [-0.1, -0.05) is 24.3 Å². The third-order valence-corrected chi connectivity index (χ3v) is 10.3. The van der Waals surface area contributed by atoms with Gasteiger partial charge in [0.05, 0.1) is 38.5 Å². The Morgan fingerprint density at radius 1 is 0.898 bits per heavy atom. The van der Waals surface area contributed by atoms with E-state index in [4.69, 9.17) is 19.3 Å². The minimum absolute atomic E-state index is 0. The van der Waals surface area contributed by atoms with E-state index in [2.05, 4.69) is 41.9 Å². The van der Waals surface area contributed by atoms with Crippen molar-refractivity contribution in [1.82, 2.24) is 19.7 Å². The molecule has 2 saturated heterocycles. The number of methoxy groups -OCH3 is 1. The number of hydrogen-bond acceptors (Lipinski definition) is 8. The number of ether oxygens (including phenoxy) is 3. The first kappa shape index (κ1) is 37.1. The molecule has 10 nitrogen and oxygen atoms in total. The fraction of sp³-hybridized carbons (Fsp3) is 0.541. The van der Waals surface area contributed by atoms with Gasteiger partial charge < -0.3 is 19.1 Å². The molecule has 0 N–H and O–H groups in total. The van der Waals surface area contributed by atoms with Crippen LogP contribution < -0.4 is 9.47 Å². The number of hydrazone groups is 1. The van der Waals surface area contributed by atoms with E-state index in [1.165, 1.54) is 0 Å². The molecule has 2 atom stereocenters. The zero-order chi connectivity index (χ0) is 32.5. The Balaban J connectivity index is 0.00000234. The van der Waals surface area contributed by atoms with Crippen molar-refractivity contribution in [2.45, 2.75) is 45.3 Å². The second-order valence-electron chi connectivity index (χ2n) is 14.0. The number of rotatable bonds is 8. The van der Waals surface area contributed by atoms with Crippen LogP contribution in [0, 0.1) is 11.8 Å². The standard InChI is InChI=1S/C37H47N5O5.2ClH/c1-37(2)24-31-29(12-13-32(45-3)34(31)47-37)33-28-6-4-5-7-30(28)36(44)42(38-33)25-26-8-10-27(11-9-26)35(43)41-18-16-39(17-19-41)14-15-40-20-22-46-23-21-40;;/h4-5,8-13,28,30H,6-7,14-25H2,1-3H3;2*1H. The van der Waals surface area contributed by atoms with Gasteiger partial charge in [0.1, 0.15) is 5.60 Å². The summed E-state index contributed by atoms with van der Waals surface area (Å²) in [5, 5.41) is 6.70. The van der Waals surface area contributed by atoms with Crippen molar-refractivity contribution < 1.29 is 23.8 Å². The molecule has 2 aromatic carbocycles. The molecule has 2 unspecified atom stereocenters. The molecule has 0 aromatic heterocycles. The predicted octanol–water partition coefficient (Wildman–Crippen LogP) is 4.67. The number of carbonyl (C=O) groups is 2. The van der Waals surface area contributed by atoms with Crippen LogP contribution in [0.4, 0.5) is 0 Å². The van der Waals surface area contributed by atoms with Gasteiger partial charge in [0.15, 0.2) is 11.5 Å². The van der Waals surface area contributed by atoms with Crippen molar-refractivity contribution in [3.05, 3.63) is 70.8 Å². The van der Waals surface area contributed by atoms with Gasteiger partial charge in [0.2, 0.25) is 5.91 Å². The highest BCUT2D eigenvalue weighted by molar-refractivity contribution is 6.08. The van der Waals surface area contributed by atoms with Crippen molar-refractivity contribution in [2.24, 2.45) is 16.9 Å². The first-order valence-electron chi connectivity index (χ1n) is 17.1. The van der Waals surface area contributed by atoms with E-state index in [0.717, 1.165) is 112 Å². The summed E-state index contributed by atoms with van der Waals surface area (Å²) in [4.78, 5) is 34.0. The van der Waals surface area contributed by atoms with Crippen LogP contribution in [-0.4, -0.2) is 116 Å². The van der Waals surface area contributed by atoms with Crippen LogP contribution in [-0.2, 0) is 22.5 Å². The van der Waals surface area contributed by atoms with E-state index in [1.54, 1.807) is 12.1 Å². The Hall–Kier alpha value is -3.15. The Morgan fingerprint density at radius 3 is 2.22 bits per heavy atom. The first-order chi connectivity index (χ1) is 22.8. The summed E-state index contributed by atoms with van der Waals surface area (Å²) in [6.45, 7) is 13.5. The third-order valence-electron chi connectivity index (χ3n) is 10.3. The summed E-state index contributed by atoms with van der Waals surface area (Å²) in [5.74, 6) is 1.47. The number of amides is 2. The largest absolute Gasteiger partial charge is 0.493 e. The minimum atomic E-state index is -0.349. The molecule has 4 heterocycles. The number of fused-ring (bicyclic) bond motifs is 2. The number of nitrogens with zero attached hydrogens (tertiary/aromatic N) is 5. The zero-order valence-electron chi connectivity index (χ0n) is 28.8. The zero-order valence-corrected chi connectivity index (χ0v) is 30.4. The topological polar surface area (TPSA) is 87.2 Å². The molecule has 0 saturated carbocycles. The maximum atomic E-state index is 13.8. The lowest BCUT2D eigenvalue weighted by Gasteiger charge is -2.37. The molecule has 5 aliphatic rings. The summed E-state index contributed by atoms with van der Waals surface area (Å²) in [6.07, 6.45) is 6.52. The molecule has 0 radical (unpaired) electrons. The predicted molar refractivity (Wildman–Crippen MR) is 194 cm³/mol. The molecule has 2 amide bonds. The Labute approximate surface area is 302 Å². The van der Waals surface area contributed by atoms with Crippen LogP contribution in [0.3, 0.4) is 0 Å². The maximum Gasteiger partial charge on any atom is 0.253 e. The van der Waals surface area contributed by atoms with Crippen molar-refractivity contribution in [2.75, 3.05) is 72.7 Å². The quantitative estimate of drug-likeness (QED) is 0.368. The molecule has 0 spiro atoms. The van der Waals surface area contributed by atoms with Gasteiger partial charge in [-0.2, -0.15) is 5.10 Å². The lowest BCUT2D eigenvalue weighted by atomic mass is 9.75. The van der Waals surface area contributed by atoms with E-state index in [9.17, 15) is 9.59 Å². The van der Waals surface area contributed by atoms with Gasteiger partial charge >= 0.3 is 0 Å². The van der Waals surface area contributed by atoms with Gasteiger partial charge in [-0.3, -0.25) is 19.4 Å². The molecule has 0 bridgehead atoms. The van der Waals surface area contributed by atoms with Gasteiger partial charge in [-0.05, 0) is 56.5 Å². The number of halogens is 2. The Morgan fingerprint density at radius 2 is 1.55 bits per heavy atom. The van der Waals surface area contributed by atoms with E-state index < -0.39 is 0 Å². The van der Waals surface area contributed by atoms with Crippen LogP contribution in [0.5, 0.6) is 11.5 Å². The van der Waals surface area contributed by atoms with Crippen molar-refractivity contribution in [3.63, 3.8) is 0 Å². The molecule has 4 aliphatic heterocycles. The first-order valence-corrected chi connectivity index (χ1v) is 17.1. The number of carbonyl (C=O) groups excluding carboxylic acids is 2. The maximum absolute atomic E-state index is 13.8. The lowest BCUT2D eigenvalue weighted by Crippen LogP contribution is -2.51. The van der Waals surface area contributed by atoms with Crippen molar-refractivity contribution in [3.8, 4) is 11.5 Å². The number of piperazine rings is 1. The van der Waals surface area contributed by atoms with Crippen LogP contribution in [0.15, 0.2) is 53.7 Å². The summed E-state index contributed by atoms with van der Waals surface area (Å²) >= 11 is 0. The second kappa shape index (κ2) is 15.8. The molecule has 266 valence electrons. The average Bonchev–Trinajstić information content (AvgIpc) is 3.44. The fourth-order valence-corrected chi connectivity index (χ4v) is 7.62. The molecule has 49 heavy (non-hydrogen) atoms. The van der Waals surface area contributed by atoms with Crippen LogP contribution in [0.1, 0.15) is 53.7 Å². The van der Waals surface area contributed by atoms with Gasteiger partial charge in [0, 0.05) is 81.4 Å². The fourth-order valence-electron chi connectivity index (χ4n) is 7.62. The third kappa shape index (κ3) is 7.94. The highest BCUT2D eigenvalue weighted by atomic mass is 35.5. The molecular formula is C37H49Cl2N5O5. The summed E-state index contributed by atoms with van der Waals surface area (Å²) in [6, 6.07) is 11.7. The second-order valence-corrected chi connectivity index (χ2v) is 14.0. The van der Waals surface area contributed by atoms with Crippen LogP contribution in [0.2, 0.25) is 0 Å². The molecule has 2 fully saturated rings. The SMILES string of the molecule is COc1ccc(C2=NN(Cc3ccc(C(=O)N4CCN(CCN5CCOCC5)CC4)cc3)C(=O)C3CC=CCC23)c2c1OC(C)(C)C2.Cl.Cl. The highest BCUT2D eigenvalue weighted by Crippen LogP contribution is 2.46. The number of benzene rings is 2. The molecule has 2 aromatic rings. The van der Waals surface area contributed by atoms with E-state index in [-0.39, 0.29) is 54.1 Å². The van der Waals surface area contributed by atoms with E-state index in [0.29, 0.717) is 18.5 Å². The molecule has 12 heteroatoms. The van der Waals surface area contributed by atoms with E-state index in [1.807, 2.05) is 35.2 Å². The Kier molecular flexibility index (Phi) is 12.0. The molecule has 1 aliphatic carbocycles. The van der Waals surface area contributed by atoms with Gasteiger partial charge in [0.25, 0.3) is 5.91 Å². The number of morpholine rings is 1. The van der Waals surface area contributed by atoms with Crippen molar-refractivity contribution in [1.29, 1.82) is 0 Å². The molecular weight excluding hydrogens is 665 g/mol. The van der Waals surface area contributed by atoms with Gasteiger partial charge in [-0.15, -0.1) is 24.8 Å². The van der Waals surface area contributed by atoms with Gasteiger partial charge in [-0.25, -0.2) is 5.01 Å². The lowest BCUT2D eigenvalue weighted by molar-refractivity contribution is -0.138. The monoisotopic (exact) mass is 713 g/mol. The average molecular weight is 715 g/mol. The highest BCUT2D eigenvalue weighted by Gasteiger charge is 2.43. The molecule has 7 rings (SSSR count). The summed E-state index contributed by atoms with van der Waals surface area (Å²) in [5.41, 5.74) is 4.35. The van der Waals surface area contributed by atoms with Crippen LogP contribution in [0.25, 0.3) is 0 Å². The normalized spacial score (nSPS) is 23.4.